The summed E-state index contributed by atoms with van der Waals surface area (Å²) in [5.41, 5.74) is 0. The minimum Gasteiger partial charge on any atom is -0.330 e. The highest BCUT2D eigenvalue weighted by atomic mass is 16.2. The van der Waals surface area contributed by atoms with Crippen molar-refractivity contribution < 1.29 is 4.79 Å². The molecule has 0 aromatic heterocycles. The third kappa shape index (κ3) is 2.63. The van der Waals surface area contributed by atoms with Crippen molar-refractivity contribution in [3.8, 4) is 12.3 Å². The molecule has 0 aromatic carbocycles. The lowest BCUT2D eigenvalue weighted by Crippen LogP contribution is -2.45. The van der Waals surface area contributed by atoms with Crippen LogP contribution < -0.4 is 5.32 Å². The maximum Gasteiger partial charge on any atom is 0.240 e. The summed E-state index contributed by atoms with van der Waals surface area (Å²) in [6, 6.07) is 0.582. The van der Waals surface area contributed by atoms with Crippen LogP contribution in [0.3, 0.4) is 0 Å². The van der Waals surface area contributed by atoms with E-state index in [1.807, 2.05) is 6.92 Å². The van der Waals surface area contributed by atoms with E-state index in [2.05, 4.69) is 11.2 Å². The van der Waals surface area contributed by atoms with Crippen molar-refractivity contribution in [3.05, 3.63) is 0 Å². The molecule has 0 spiro atoms. The first-order valence-electron chi connectivity index (χ1n) is 6.74. The van der Waals surface area contributed by atoms with Gasteiger partial charge in [-0.3, -0.25) is 4.79 Å². The number of amides is 1. The first-order chi connectivity index (χ1) is 8.26. The van der Waals surface area contributed by atoms with Gasteiger partial charge >= 0.3 is 0 Å². The first-order valence-corrected chi connectivity index (χ1v) is 6.74. The molecule has 0 bridgehead atoms. The van der Waals surface area contributed by atoms with Crippen LogP contribution in [0, 0.1) is 18.3 Å². The number of nitrogens with one attached hydrogen (secondary N) is 1. The Bertz CT molecular complexity index is 307. The fraction of sp³-hybridized carbons (Fsp3) is 0.786. The minimum absolute atomic E-state index is 0.0106. The lowest BCUT2D eigenvalue weighted by molar-refractivity contribution is -0.132. The molecule has 3 nitrogen and oxygen atoms in total. The van der Waals surface area contributed by atoms with Crippen LogP contribution in [-0.2, 0) is 4.79 Å². The van der Waals surface area contributed by atoms with Crippen LogP contribution in [0.2, 0.25) is 0 Å². The third-order valence-corrected chi connectivity index (χ3v) is 4.14. The van der Waals surface area contributed by atoms with Crippen LogP contribution in [0.15, 0.2) is 0 Å². The van der Waals surface area contributed by atoms with Gasteiger partial charge in [-0.05, 0) is 32.1 Å². The molecule has 2 aliphatic rings. The van der Waals surface area contributed by atoms with Gasteiger partial charge in [0.1, 0.15) is 0 Å². The molecule has 1 saturated heterocycles. The summed E-state index contributed by atoms with van der Waals surface area (Å²) in [5, 5.41) is 3.51. The van der Waals surface area contributed by atoms with Gasteiger partial charge in [0, 0.05) is 12.6 Å². The second-order valence-corrected chi connectivity index (χ2v) is 5.16. The molecule has 3 atom stereocenters. The van der Waals surface area contributed by atoms with Crippen LogP contribution in [0.25, 0.3) is 0 Å². The van der Waals surface area contributed by atoms with E-state index >= 15 is 0 Å². The SMILES string of the molecule is C#CCN(CC)C(=O)C1CC2CCCCC2N1. The molecule has 1 N–H and O–H groups in total. The van der Waals surface area contributed by atoms with Crippen molar-refractivity contribution in [2.75, 3.05) is 13.1 Å². The Balaban J connectivity index is 1.95. The van der Waals surface area contributed by atoms with Crippen molar-refractivity contribution in [2.24, 2.45) is 5.92 Å². The number of terminal acetylenes is 1. The Morgan fingerprint density at radius 1 is 1.47 bits per heavy atom. The van der Waals surface area contributed by atoms with Gasteiger partial charge in [0.25, 0.3) is 0 Å². The van der Waals surface area contributed by atoms with Gasteiger partial charge in [0.2, 0.25) is 5.91 Å². The maximum absolute atomic E-state index is 12.3. The van der Waals surface area contributed by atoms with Crippen LogP contribution in [-0.4, -0.2) is 36.0 Å². The van der Waals surface area contributed by atoms with Gasteiger partial charge in [0.15, 0.2) is 0 Å². The average molecular weight is 234 g/mol. The lowest BCUT2D eigenvalue weighted by Gasteiger charge is -2.24. The molecule has 0 aromatic rings. The lowest BCUT2D eigenvalue weighted by atomic mass is 9.85. The van der Waals surface area contributed by atoms with Crippen LogP contribution in [0.1, 0.15) is 39.0 Å². The highest BCUT2D eigenvalue weighted by Gasteiger charge is 2.39. The number of hydrogen-bond donors (Lipinski definition) is 1. The number of fused-ring (bicyclic) bond motifs is 1. The quantitative estimate of drug-likeness (QED) is 0.748. The predicted molar refractivity (Wildman–Crippen MR) is 68.4 cm³/mol. The molecule has 2 rings (SSSR count). The number of rotatable bonds is 3. The summed E-state index contributed by atoms with van der Waals surface area (Å²) in [6.45, 7) is 3.12. The van der Waals surface area contributed by atoms with Crippen molar-refractivity contribution >= 4 is 5.91 Å². The number of nitrogens with zero attached hydrogens (tertiary/aromatic N) is 1. The molecule has 17 heavy (non-hydrogen) atoms. The maximum atomic E-state index is 12.3. The monoisotopic (exact) mass is 234 g/mol. The second kappa shape index (κ2) is 5.55. The van der Waals surface area contributed by atoms with Crippen molar-refractivity contribution in [1.82, 2.24) is 10.2 Å². The van der Waals surface area contributed by atoms with E-state index in [0.29, 0.717) is 25.0 Å². The smallest absolute Gasteiger partial charge is 0.240 e. The zero-order chi connectivity index (χ0) is 12.3. The Morgan fingerprint density at radius 2 is 2.24 bits per heavy atom. The normalized spacial score (nSPS) is 31.6. The van der Waals surface area contributed by atoms with Crippen LogP contribution in [0.4, 0.5) is 0 Å². The van der Waals surface area contributed by atoms with E-state index in [-0.39, 0.29) is 11.9 Å². The second-order valence-electron chi connectivity index (χ2n) is 5.16. The predicted octanol–water partition coefficient (Wildman–Crippen LogP) is 1.39. The average Bonchev–Trinajstić information content (AvgIpc) is 2.78. The van der Waals surface area contributed by atoms with Gasteiger partial charge in [-0.1, -0.05) is 18.8 Å². The van der Waals surface area contributed by atoms with Gasteiger partial charge < -0.3 is 10.2 Å². The van der Waals surface area contributed by atoms with Crippen LogP contribution >= 0.6 is 0 Å². The van der Waals surface area contributed by atoms with E-state index in [9.17, 15) is 4.79 Å². The molecule has 94 valence electrons. The molecule has 3 unspecified atom stereocenters. The highest BCUT2D eigenvalue weighted by molar-refractivity contribution is 5.82. The van der Waals surface area contributed by atoms with Gasteiger partial charge in [-0.2, -0.15) is 0 Å². The topological polar surface area (TPSA) is 32.3 Å². The summed E-state index contributed by atoms with van der Waals surface area (Å²) in [5.74, 6) is 3.47. The van der Waals surface area contributed by atoms with E-state index in [1.165, 1.54) is 25.7 Å². The molecule has 2 fully saturated rings. The van der Waals surface area contributed by atoms with E-state index in [0.717, 1.165) is 6.42 Å². The fourth-order valence-corrected chi connectivity index (χ4v) is 3.19. The fourth-order valence-electron chi connectivity index (χ4n) is 3.19. The molecule has 1 amide bonds. The number of hydrogen-bond acceptors (Lipinski definition) is 2. The highest BCUT2D eigenvalue weighted by Crippen LogP contribution is 2.33. The molecular formula is C14H22N2O. The molecule has 1 aliphatic carbocycles. The summed E-state index contributed by atoms with van der Waals surface area (Å²) < 4.78 is 0. The van der Waals surface area contributed by atoms with Gasteiger partial charge in [0.05, 0.1) is 12.6 Å². The molecule has 1 saturated carbocycles. The van der Waals surface area contributed by atoms with Crippen LogP contribution in [0.5, 0.6) is 0 Å². The number of likely N-dealkylation sites (N-methyl/N-ethyl adjacent to an activating group) is 1. The minimum atomic E-state index is 0.0106. The van der Waals surface area contributed by atoms with Crippen molar-refractivity contribution in [2.45, 2.75) is 51.1 Å². The molecule has 0 radical (unpaired) electrons. The van der Waals surface area contributed by atoms with Crippen molar-refractivity contribution in [3.63, 3.8) is 0 Å². The number of carbonyl (C=O) groups is 1. The Labute approximate surface area is 104 Å². The summed E-state index contributed by atoms with van der Waals surface area (Å²) in [4.78, 5) is 14.1. The van der Waals surface area contributed by atoms with E-state index in [1.54, 1.807) is 4.90 Å². The molecule has 3 heteroatoms. The summed E-state index contributed by atoms with van der Waals surface area (Å²) in [7, 11) is 0. The van der Waals surface area contributed by atoms with E-state index in [4.69, 9.17) is 6.42 Å². The Hall–Kier alpha value is -1.01. The standard InChI is InChI=1S/C14H22N2O/c1-3-9-16(4-2)14(17)13-10-11-7-5-6-8-12(11)15-13/h1,11-13,15H,4-10H2,2H3. The zero-order valence-corrected chi connectivity index (χ0v) is 10.6. The first kappa shape index (κ1) is 12.4. The number of carbonyl (C=O) groups excluding carboxylic acids is 1. The van der Waals surface area contributed by atoms with E-state index < -0.39 is 0 Å². The van der Waals surface area contributed by atoms with Gasteiger partial charge in [-0.25, -0.2) is 0 Å². The molecule has 1 aliphatic heterocycles. The summed E-state index contributed by atoms with van der Waals surface area (Å²) >= 11 is 0. The van der Waals surface area contributed by atoms with Gasteiger partial charge in [-0.15, -0.1) is 6.42 Å². The zero-order valence-electron chi connectivity index (χ0n) is 10.6. The Kier molecular flexibility index (Phi) is 4.06. The Morgan fingerprint density at radius 3 is 2.88 bits per heavy atom. The van der Waals surface area contributed by atoms with Crippen molar-refractivity contribution in [1.29, 1.82) is 0 Å². The molecule has 1 heterocycles. The largest absolute Gasteiger partial charge is 0.330 e. The third-order valence-electron chi connectivity index (χ3n) is 4.14. The molecular weight excluding hydrogens is 212 g/mol. The summed E-state index contributed by atoms with van der Waals surface area (Å²) in [6.07, 6.45) is 11.4.